The molecule has 0 atom stereocenters. The van der Waals surface area contributed by atoms with Crippen molar-refractivity contribution < 1.29 is 22.4 Å². The number of hydrogen-bond acceptors (Lipinski definition) is 6. The van der Waals surface area contributed by atoms with E-state index in [1.54, 1.807) is 17.9 Å². The Morgan fingerprint density at radius 3 is 2.54 bits per heavy atom. The lowest BCUT2D eigenvalue weighted by molar-refractivity contribution is -0.140. The molecule has 1 aliphatic heterocycles. The minimum absolute atomic E-state index is 0.00318. The number of pyridine rings is 2. The second-order valence-corrected chi connectivity index (χ2v) is 7.87. The Labute approximate surface area is 198 Å². The summed E-state index contributed by atoms with van der Waals surface area (Å²) in [6.45, 7) is 3.80. The Kier molecular flexibility index (Phi) is 7.15. The Morgan fingerprint density at radius 1 is 1.11 bits per heavy atom. The average molecular weight is 492 g/mol. The average Bonchev–Trinajstić information content (AvgIpc) is 3.37. The first kappa shape index (κ1) is 24.4. The summed E-state index contributed by atoms with van der Waals surface area (Å²) in [6.07, 6.45) is -0.245. The molecule has 0 spiro atoms. The molecule has 2 N–H and O–H groups in total. The third-order valence-corrected chi connectivity index (χ3v) is 5.51. The van der Waals surface area contributed by atoms with Crippen molar-refractivity contribution in [1.29, 1.82) is 0 Å². The number of hydrogen-bond donors (Lipinski definition) is 2. The number of nitrogens with one attached hydrogen (secondary N) is 2. The summed E-state index contributed by atoms with van der Waals surface area (Å²) in [5, 5.41) is 8.82. The lowest BCUT2D eigenvalue weighted by Crippen LogP contribution is -2.46. The van der Waals surface area contributed by atoms with E-state index in [-0.39, 0.29) is 23.9 Å². The van der Waals surface area contributed by atoms with Crippen LogP contribution in [-0.2, 0) is 12.7 Å². The van der Waals surface area contributed by atoms with Crippen LogP contribution in [0.5, 0.6) is 0 Å². The Hall–Kier alpha value is -3.74. The molecule has 1 fully saturated rings. The molecule has 3 aromatic rings. The fraction of sp³-hybridized carbons (Fsp3) is 0.364. The highest BCUT2D eigenvalue weighted by Gasteiger charge is 2.38. The van der Waals surface area contributed by atoms with Gasteiger partial charge in [-0.3, -0.25) is 10.2 Å². The standard InChI is InChI=1S/C22H24F4N8O/c1-2-27-21(35)31-20-18(23)15(6-8-28-20)14-32-10-12-33(13-11-32)16-4-5-17(34-9-3-7-29-34)30-19(16)22(24,25)26/h3-9H,2,10-14H2,1H3,(H2,27,28,31,35). The van der Waals surface area contributed by atoms with E-state index in [1.807, 2.05) is 4.90 Å². The van der Waals surface area contributed by atoms with E-state index < -0.39 is 23.7 Å². The molecule has 1 saturated heterocycles. The maximum Gasteiger partial charge on any atom is 0.435 e. The van der Waals surface area contributed by atoms with Gasteiger partial charge < -0.3 is 10.2 Å². The van der Waals surface area contributed by atoms with Gasteiger partial charge in [-0.05, 0) is 31.2 Å². The van der Waals surface area contributed by atoms with Gasteiger partial charge in [-0.15, -0.1) is 0 Å². The highest BCUT2D eigenvalue weighted by molar-refractivity contribution is 5.88. The first-order valence-electron chi connectivity index (χ1n) is 11.0. The number of halogens is 4. The molecular weight excluding hydrogens is 468 g/mol. The van der Waals surface area contributed by atoms with Crippen molar-refractivity contribution in [1.82, 2.24) is 30.0 Å². The number of carbonyl (C=O) groups excluding carboxylic acids is 1. The minimum atomic E-state index is -4.64. The van der Waals surface area contributed by atoms with Crippen molar-refractivity contribution in [2.24, 2.45) is 0 Å². The molecule has 1 aliphatic rings. The zero-order chi connectivity index (χ0) is 25.0. The fourth-order valence-electron chi connectivity index (χ4n) is 3.83. The number of carbonyl (C=O) groups is 1. The first-order chi connectivity index (χ1) is 16.8. The van der Waals surface area contributed by atoms with Gasteiger partial charge in [0, 0.05) is 63.4 Å². The van der Waals surface area contributed by atoms with Crippen LogP contribution in [0, 0.1) is 5.82 Å². The minimum Gasteiger partial charge on any atom is -0.367 e. The molecule has 0 unspecified atom stereocenters. The van der Waals surface area contributed by atoms with E-state index in [0.29, 0.717) is 38.3 Å². The summed E-state index contributed by atoms with van der Waals surface area (Å²) < 4.78 is 57.5. The van der Waals surface area contributed by atoms with Gasteiger partial charge >= 0.3 is 12.2 Å². The molecule has 0 radical (unpaired) electrons. The summed E-state index contributed by atoms with van der Waals surface area (Å²) in [6, 6.07) is 5.47. The number of anilines is 2. The third kappa shape index (κ3) is 5.67. The number of alkyl halides is 3. The van der Waals surface area contributed by atoms with Gasteiger partial charge in [-0.1, -0.05) is 0 Å². The van der Waals surface area contributed by atoms with E-state index >= 15 is 0 Å². The predicted molar refractivity (Wildman–Crippen MR) is 121 cm³/mol. The molecule has 0 aliphatic carbocycles. The summed E-state index contributed by atoms with van der Waals surface area (Å²) in [7, 11) is 0. The van der Waals surface area contributed by atoms with Crippen LogP contribution < -0.4 is 15.5 Å². The van der Waals surface area contributed by atoms with Crippen molar-refractivity contribution in [2.75, 3.05) is 42.9 Å². The number of amides is 2. The van der Waals surface area contributed by atoms with Crippen LogP contribution >= 0.6 is 0 Å². The fourth-order valence-corrected chi connectivity index (χ4v) is 3.83. The molecule has 9 nitrogen and oxygen atoms in total. The molecule has 13 heteroatoms. The second kappa shape index (κ2) is 10.3. The summed E-state index contributed by atoms with van der Waals surface area (Å²) in [4.78, 5) is 23.0. The second-order valence-electron chi connectivity index (χ2n) is 7.87. The van der Waals surface area contributed by atoms with Crippen LogP contribution in [0.1, 0.15) is 18.2 Å². The molecule has 3 aromatic heterocycles. The summed E-state index contributed by atoms with van der Waals surface area (Å²) in [5.74, 6) is -0.737. The molecule has 4 rings (SSSR count). The SMILES string of the molecule is CCNC(=O)Nc1nccc(CN2CCN(c3ccc(-n4cccn4)nc3C(F)(F)F)CC2)c1F. The maximum absolute atomic E-state index is 14.8. The largest absolute Gasteiger partial charge is 0.435 e. The third-order valence-electron chi connectivity index (χ3n) is 5.51. The monoisotopic (exact) mass is 492 g/mol. The lowest BCUT2D eigenvalue weighted by Gasteiger charge is -2.37. The molecule has 0 saturated carbocycles. The number of aromatic nitrogens is 4. The molecule has 186 valence electrons. The zero-order valence-corrected chi connectivity index (χ0v) is 18.9. The van der Waals surface area contributed by atoms with Gasteiger partial charge in [0.15, 0.2) is 23.1 Å². The smallest absolute Gasteiger partial charge is 0.367 e. The highest BCUT2D eigenvalue weighted by Crippen LogP contribution is 2.36. The first-order valence-corrected chi connectivity index (χ1v) is 11.0. The number of piperazine rings is 1. The van der Waals surface area contributed by atoms with E-state index in [2.05, 4.69) is 25.7 Å². The van der Waals surface area contributed by atoms with Crippen molar-refractivity contribution >= 4 is 17.5 Å². The highest BCUT2D eigenvalue weighted by atomic mass is 19.4. The van der Waals surface area contributed by atoms with E-state index in [9.17, 15) is 22.4 Å². The molecule has 0 bridgehead atoms. The summed E-state index contributed by atoms with van der Waals surface area (Å²) >= 11 is 0. The van der Waals surface area contributed by atoms with Crippen LogP contribution in [0.15, 0.2) is 42.9 Å². The Morgan fingerprint density at radius 2 is 1.89 bits per heavy atom. The molecule has 0 aromatic carbocycles. The predicted octanol–water partition coefficient (Wildman–Crippen LogP) is 3.28. The van der Waals surface area contributed by atoms with Crippen LogP contribution in [0.25, 0.3) is 5.82 Å². The normalized spacial score (nSPS) is 14.7. The Bertz CT molecular complexity index is 1160. The van der Waals surface area contributed by atoms with Crippen LogP contribution in [0.3, 0.4) is 0 Å². The van der Waals surface area contributed by atoms with Crippen LogP contribution in [0.4, 0.5) is 33.9 Å². The number of rotatable bonds is 6. The van der Waals surface area contributed by atoms with Gasteiger partial charge in [0.1, 0.15) is 0 Å². The van der Waals surface area contributed by atoms with Crippen LogP contribution in [0.2, 0.25) is 0 Å². The van der Waals surface area contributed by atoms with Gasteiger partial charge in [0.05, 0.1) is 5.69 Å². The zero-order valence-electron chi connectivity index (χ0n) is 18.9. The quantitative estimate of drug-likeness (QED) is 0.514. The van der Waals surface area contributed by atoms with Crippen molar-refractivity contribution in [3.63, 3.8) is 0 Å². The lowest BCUT2D eigenvalue weighted by atomic mass is 10.2. The van der Waals surface area contributed by atoms with Crippen LogP contribution in [-0.4, -0.2) is 63.4 Å². The molecule has 35 heavy (non-hydrogen) atoms. The van der Waals surface area contributed by atoms with Gasteiger partial charge in [0.2, 0.25) is 0 Å². The summed E-state index contributed by atoms with van der Waals surface area (Å²) in [5.41, 5.74) is -0.641. The Balaban J connectivity index is 1.45. The molecule has 2 amide bonds. The number of nitrogens with zero attached hydrogens (tertiary/aromatic N) is 6. The van der Waals surface area contributed by atoms with Crippen molar-refractivity contribution in [2.45, 2.75) is 19.6 Å². The molecule has 4 heterocycles. The van der Waals surface area contributed by atoms with Gasteiger partial charge in [-0.2, -0.15) is 18.3 Å². The number of urea groups is 1. The van der Waals surface area contributed by atoms with Gasteiger partial charge in [-0.25, -0.2) is 23.8 Å². The van der Waals surface area contributed by atoms with E-state index in [1.165, 1.54) is 41.5 Å². The molecular formula is C22H24F4N8O. The van der Waals surface area contributed by atoms with E-state index in [4.69, 9.17) is 0 Å². The van der Waals surface area contributed by atoms with Crippen molar-refractivity contribution in [3.05, 3.63) is 59.9 Å². The van der Waals surface area contributed by atoms with Crippen molar-refractivity contribution in [3.8, 4) is 5.82 Å². The van der Waals surface area contributed by atoms with E-state index in [0.717, 1.165) is 0 Å². The topological polar surface area (TPSA) is 91.2 Å². The maximum atomic E-state index is 14.8. The van der Waals surface area contributed by atoms with Gasteiger partial charge in [0.25, 0.3) is 0 Å².